The van der Waals surface area contributed by atoms with Gasteiger partial charge in [-0.2, -0.15) is 0 Å². The second-order valence-electron chi connectivity index (χ2n) is 5.57. The molecule has 1 heterocycles. The van der Waals surface area contributed by atoms with Gasteiger partial charge in [0.25, 0.3) is 0 Å². The number of aliphatic hydroxyl groups excluding tert-OH is 1. The lowest BCUT2D eigenvalue weighted by Crippen LogP contribution is -2.39. The summed E-state index contributed by atoms with van der Waals surface area (Å²) >= 11 is 6.16. The molecule has 2 aromatic rings. The first-order valence-electron chi connectivity index (χ1n) is 7.59. The average Bonchev–Trinajstić information content (AvgIpc) is 2.55. The number of aliphatic hydroxyl groups is 1. The molecular formula is C16H20ClN3O. The number of benzene rings is 1. The van der Waals surface area contributed by atoms with Crippen LogP contribution in [0.4, 0.5) is 5.82 Å². The molecule has 1 saturated carbocycles. The van der Waals surface area contributed by atoms with Crippen molar-refractivity contribution < 1.29 is 5.11 Å². The van der Waals surface area contributed by atoms with Crippen LogP contribution in [0.25, 0.3) is 10.8 Å². The van der Waals surface area contributed by atoms with E-state index >= 15 is 0 Å². The van der Waals surface area contributed by atoms with Crippen LogP contribution in [-0.2, 0) is 0 Å². The highest BCUT2D eigenvalue weighted by molar-refractivity contribution is 6.34. The van der Waals surface area contributed by atoms with Gasteiger partial charge in [-0.1, -0.05) is 55.1 Å². The number of halogens is 1. The van der Waals surface area contributed by atoms with Crippen LogP contribution in [0.1, 0.15) is 32.1 Å². The molecule has 1 aromatic heterocycles. The number of rotatable bonds is 4. The van der Waals surface area contributed by atoms with Crippen LogP contribution in [0.5, 0.6) is 0 Å². The van der Waals surface area contributed by atoms with E-state index in [1.165, 1.54) is 19.3 Å². The average molecular weight is 306 g/mol. The molecule has 0 amide bonds. The van der Waals surface area contributed by atoms with Gasteiger partial charge in [-0.3, -0.25) is 0 Å². The van der Waals surface area contributed by atoms with E-state index < -0.39 is 0 Å². The Hall–Kier alpha value is -1.39. The second-order valence-corrected chi connectivity index (χ2v) is 5.93. The monoisotopic (exact) mass is 305 g/mol. The van der Waals surface area contributed by atoms with Crippen LogP contribution < -0.4 is 4.90 Å². The fourth-order valence-corrected chi connectivity index (χ4v) is 3.43. The lowest BCUT2D eigenvalue weighted by atomic mass is 9.94. The Kier molecular flexibility index (Phi) is 4.56. The molecule has 0 unspecified atom stereocenters. The van der Waals surface area contributed by atoms with Crippen molar-refractivity contribution in [1.29, 1.82) is 0 Å². The van der Waals surface area contributed by atoms with Crippen LogP contribution in [-0.4, -0.2) is 34.5 Å². The van der Waals surface area contributed by atoms with Crippen molar-refractivity contribution in [3.05, 3.63) is 29.4 Å². The summed E-state index contributed by atoms with van der Waals surface area (Å²) in [6, 6.07) is 8.37. The Balaban J connectivity index is 2.04. The predicted molar refractivity (Wildman–Crippen MR) is 85.9 cm³/mol. The van der Waals surface area contributed by atoms with Gasteiger partial charge in [-0.05, 0) is 12.8 Å². The minimum absolute atomic E-state index is 0.120. The number of aromatic nitrogens is 2. The zero-order chi connectivity index (χ0) is 14.7. The molecule has 1 N–H and O–H groups in total. The lowest BCUT2D eigenvalue weighted by Gasteiger charge is -2.35. The Morgan fingerprint density at radius 1 is 1.10 bits per heavy atom. The van der Waals surface area contributed by atoms with E-state index in [1.54, 1.807) is 0 Å². The molecule has 5 heteroatoms. The SMILES string of the molecule is OCCN(c1nnc(Cl)c2ccccc12)C1CCCCC1. The van der Waals surface area contributed by atoms with E-state index in [4.69, 9.17) is 11.6 Å². The third-order valence-electron chi connectivity index (χ3n) is 4.25. The summed E-state index contributed by atoms with van der Waals surface area (Å²) in [5.74, 6) is 0.843. The summed E-state index contributed by atoms with van der Waals surface area (Å²) in [6.45, 7) is 0.708. The summed E-state index contributed by atoms with van der Waals surface area (Å²) < 4.78 is 0. The van der Waals surface area contributed by atoms with Gasteiger partial charge in [0.1, 0.15) is 0 Å². The Bertz CT molecular complexity index is 613. The first kappa shape index (κ1) is 14.5. The molecule has 0 atom stereocenters. The summed E-state index contributed by atoms with van der Waals surface area (Å²) in [5.41, 5.74) is 0. The zero-order valence-corrected chi connectivity index (χ0v) is 12.8. The van der Waals surface area contributed by atoms with Crippen LogP contribution in [0.2, 0.25) is 5.15 Å². The Morgan fingerprint density at radius 2 is 1.81 bits per heavy atom. The summed E-state index contributed by atoms with van der Waals surface area (Å²) in [5, 5.41) is 20.2. The normalized spacial score (nSPS) is 16.3. The molecular weight excluding hydrogens is 286 g/mol. The van der Waals surface area contributed by atoms with Crippen molar-refractivity contribution in [3.63, 3.8) is 0 Å². The topological polar surface area (TPSA) is 49.2 Å². The van der Waals surface area contributed by atoms with E-state index in [9.17, 15) is 5.11 Å². The van der Waals surface area contributed by atoms with Crippen molar-refractivity contribution in [2.75, 3.05) is 18.1 Å². The number of nitrogens with zero attached hydrogens (tertiary/aromatic N) is 3. The van der Waals surface area contributed by atoms with Crippen LogP contribution in [0.3, 0.4) is 0 Å². The Labute approximate surface area is 129 Å². The molecule has 0 saturated heterocycles. The van der Waals surface area contributed by atoms with Gasteiger partial charge in [-0.25, -0.2) is 0 Å². The van der Waals surface area contributed by atoms with Crippen molar-refractivity contribution in [2.45, 2.75) is 38.1 Å². The third kappa shape index (κ3) is 2.97. The lowest BCUT2D eigenvalue weighted by molar-refractivity contribution is 0.289. The molecule has 0 aliphatic heterocycles. The second kappa shape index (κ2) is 6.58. The first-order valence-corrected chi connectivity index (χ1v) is 7.97. The fraction of sp³-hybridized carbons (Fsp3) is 0.500. The maximum Gasteiger partial charge on any atom is 0.159 e. The fourth-order valence-electron chi connectivity index (χ4n) is 3.23. The number of fused-ring (bicyclic) bond motifs is 1. The van der Waals surface area contributed by atoms with Crippen LogP contribution >= 0.6 is 11.6 Å². The van der Waals surface area contributed by atoms with Crippen molar-refractivity contribution in [3.8, 4) is 0 Å². The van der Waals surface area contributed by atoms with Crippen LogP contribution in [0.15, 0.2) is 24.3 Å². The minimum Gasteiger partial charge on any atom is -0.395 e. The number of hydrogen-bond donors (Lipinski definition) is 1. The highest BCUT2D eigenvalue weighted by atomic mass is 35.5. The number of anilines is 1. The minimum atomic E-state index is 0.120. The van der Waals surface area contributed by atoms with Crippen molar-refractivity contribution in [2.24, 2.45) is 0 Å². The molecule has 1 aromatic carbocycles. The van der Waals surface area contributed by atoms with Gasteiger partial charge in [-0.15, -0.1) is 10.2 Å². The van der Waals surface area contributed by atoms with E-state index in [0.29, 0.717) is 17.7 Å². The van der Waals surface area contributed by atoms with Crippen molar-refractivity contribution >= 4 is 28.2 Å². The Morgan fingerprint density at radius 3 is 2.52 bits per heavy atom. The molecule has 112 valence electrons. The smallest absolute Gasteiger partial charge is 0.159 e. The third-order valence-corrected chi connectivity index (χ3v) is 4.53. The molecule has 4 nitrogen and oxygen atoms in total. The molecule has 0 bridgehead atoms. The summed E-state index contributed by atoms with van der Waals surface area (Å²) in [4.78, 5) is 2.21. The van der Waals surface area contributed by atoms with E-state index in [1.807, 2.05) is 24.3 Å². The van der Waals surface area contributed by atoms with Gasteiger partial charge >= 0.3 is 0 Å². The molecule has 1 aliphatic carbocycles. The van der Waals surface area contributed by atoms with Gasteiger partial charge in [0.05, 0.1) is 6.61 Å². The van der Waals surface area contributed by atoms with Crippen LogP contribution in [0, 0.1) is 0 Å². The van der Waals surface area contributed by atoms with Gasteiger partial charge in [0.15, 0.2) is 11.0 Å². The first-order chi connectivity index (χ1) is 10.3. The molecule has 1 aliphatic rings. The van der Waals surface area contributed by atoms with E-state index in [-0.39, 0.29) is 6.61 Å². The standard InChI is InChI=1S/C16H20ClN3O/c17-15-13-8-4-5-9-14(13)16(19-18-15)20(10-11-21)12-6-2-1-3-7-12/h4-5,8-9,12,21H,1-3,6-7,10-11H2. The van der Waals surface area contributed by atoms with E-state index in [0.717, 1.165) is 29.4 Å². The maximum atomic E-state index is 9.44. The number of hydrogen-bond acceptors (Lipinski definition) is 4. The molecule has 3 rings (SSSR count). The highest BCUT2D eigenvalue weighted by Gasteiger charge is 2.24. The molecule has 21 heavy (non-hydrogen) atoms. The quantitative estimate of drug-likeness (QED) is 0.940. The molecule has 0 radical (unpaired) electrons. The molecule has 0 spiro atoms. The summed E-state index contributed by atoms with van der Waals surface area (Å²) in [7, 11) is 0. The van der Waals surface area contributed by atoms with Gasteiger partial charge in [0, 0.05) is 23.4 Å². The molecule has 1 fully saturated rings. The van der Waals surface area contributed by atoms with Gasteiger partial charge < -0.3 is 10.0 Å². The van der Waals surface area contributed by atoms with Crippen molar-refractivity contribution in [1.82, 2.24) is 10.2 Å². The largest absolute Gasteiger partial charge is 0.395 e. The zero-order valence-electron chi connectivity index (χ0n) is 12.0. The highest BCUT2D eigenvalue weighted by Crippen LogP contribution is 2.32. The van der Waals surface area contributed by atoms with E-state index in [2.05, 4.69) is 15.1 Å². The summed E-state index contributed by atoms with van der Waals surface area (Å²) in [6.07, 6.45) is 6.09. The van der Waals surface area contributed by atoms with Gasteiger partial charge in [0.2, 0.25) is 0 Å². The predicted octanol–water partition coefficient (Wildman–Crippen LogP) is 3.41. The maximum absolute atomic E-state index is 9.44.